The van der Waals surface area contributed by atoms with Crippen LogP contribution in [0.1, 0.15) is 32.1 Å². The number of anilines is 1. The molecule has 1 aromatic carbocycles. The van der Waals surface area contributed by atoms with Crippen molar-refractivity contribution < 1.29 is 19.5 Å². The van der Waals surface area contributed by atoms with Crippen LogP contribution < -0.4 is 4.90 Å². The largest absolute Gasteiger partial charge is 0.396 e. The third kappa shape index (κ3) is 3.88. The highest BCUT2D eigenvalue weighted by Crippen LogP contribution is 2.34. The van der Waals surface area contributed by atoms with E-state index in [0.717, 1.165) is 35.9 Å². The molecule has 134 valence electrons. The number of nitrogens with zero attached hydrogens (tertiary/aromatic N) is 2. The van der Waals surface area contributed by atoms with E-state index in [2.05, 4.69) is 0 Å². The molecule has 25 heavy (non-hydrogen) atoms. The molecular weight excluding hydrogens is 340 g/mol. The molecule has 1 N–H and O–H groups in total. The lowest BCUT2D eigenvalue weighted by molar-refractivity contribution is -0.136. The second kappa shape index (κ2) is 8.01. The number of benzene rings is 1. The summed E-state index contributed by atoms with van der Waals surface area (Å²) in [4.78, 5) is 40.5. The van der Waals surface area contributed by atoms with E-state index >= 15 is 0 Å². The average Bonchev–Trinajstić information content (AvgIpc) is 2.90. The van der Waals surface area contributed by atoms with Gasteiger partial charge in [0.05, 0.1) is 5.69 Å². The van der Waals surface area contributed by atoms with E-state index < -0.39 is 5.25 Å². The predicted molar refractivity (Wildman–Crippen MR) is 96.4 cm³/mol. The fourth-order valence-electron chi connectivity index (χ4n) is 3.45. The molecular formula is C18H22N2O4S. The number of hydrogen-bond acceptors (Lipinski definition) is 5. The third-order valence-electron chi connectivity index (χ3n) is 4.71. The van der Waals surface area contributed by atoms with Gasteiger partial charge in [-0.15, -0.1) is 0 Å². The van der Waals surface area contributed by atoms with Gasteiger partial charge in [0, 0.05) is 25.6 Å². The Morgan fingerprint density at radius 2 is 1.96 bits per heavy atom. The summed E-state index contributed by atoms with van der Waals surface area (Å²) in [6, 6.07) is 8.82. The molecule has 0 aliphatic carbocycles. The van der Waals surface area contributed by atoms with Gasteiger partial charge in [-0.05, 0) is 49.6 Å². The lowest BCUT2D eigenvalue weighted by Crippen LogP contribution is -2.45. The normalized spacial score (nSPS) is 24.0. The highest BCUT2D eigenvalue weighted by Gasteiger charge is 2.42. The predicted octanol–water partition coefficient (Wildman–Crippen LogP) is 2.41. The van der Waals surface area contributed by atoms with Gasteiger partial charge >= 0.3 is 0 Å². The second-order valence-corrected chi connectivity index (χ2v) is 7.49. The van der Waals surface area contributed by atoms with Gasteiger partial charge < -0.3 is 10.0 Å². The fraction of sp³-hybridized carbons (Fsp3) is 0.500. The minimum atomic E-state index is -0.670. The summed E-state index contributed by atoms with van der Waals surface area (Å²) in [6.07, 6.45) is 3.46. The molecule has 0 spiro atoms. The SMILES string of the molecule is O=C1S[C@H](CC(=O)N2CCCC[C@H]2CCO)C(=O)N1c1ccccc1. The fourth-order valence-corrected chi connectivity index (χ4v) is 4.43. The van der Waals surface area contributed by atoms with E-state index in [1.807, 2.05) is 6.07 Å². The zero-order chi connectivity index (χ0) is 17.8. The van der Waals surface area contributed by atoms with Gasteiger partial charge in [-0.1, -0.05) is 18.2 Å². The molecule has 0 bridgehead atoms. The molecule has 3 rings (SSSR count). The highest BCUT2D eigenvalue weighted by molar-refractivity contribution is 8.15. The van der Waals surface area contributed by atoms with Crippen LogP contribution in [0.2, 0.25) is 0 Å². The number of para-hydroxylation sites is 1. The van der Waals surface area contributed by atoms with Crippen molar-refractivity contribution >= 4 is 34.5 Å². The minimum absolute atomic E-state index is 0.0283. The van der Waals surface area contributed by atoms with Crippen LogP contribution in [0, 0.1) is 0 Å². The molecule has 6 nitrogen and oxygen atoms in total. The highest BCUT2D eigenvalue weighted by atomic mass is 32.2. The Kier molecular flexibility index (Phi) is 5.75. The molecule has 1 aromatic rings. The van der Waals surface area contributed by atoms with Gasteiger partial charge in [0.2, 0.25) is 11.8 Å². The number of carbonyl (C=O) groups excluding carboxylic acids is 3. The molecule has 2 fully saturated rings. The van der Waals surface area contributed by atoms with Crippen LogP contribution in [-0.2, 0) is 9.59 Å². The summed E-state index contributed by atoms with van der Waals surface area (Å²) >= 11 is 0.924. The maximum Gasteiger partial charge on any atom is 0.293 e. The maximum absolute atomic E-state index is 12.7. The van der Waals surface area contributed by atoms with Crippen LogP contribution in [0.4, 0.5) is 10.5 Å². The Bertz CT molecular complexity index is 650. The van der Waals surface area contributed by atoms with E-state index in [0.29, 0.717) is 18.7 Å². The first-order chi connectivity index (χ1) is 12.1. The molecule has 0 aromatic heterocycles. The lowest BCUT2D eigenvalue weighted by atomic mass is 9.99. The number of aliphatic hydroxyl groups excluding tert-OH is 1. The van der Waals surface area contributed by atoms with Gasteiger partial charge in [-0.2, -0.15) is 0 Å². The van der Waals surface area contributed by atoms with E-state index in [9.17, 15) is 19.5 Å². The first kappa shape index (κ1) is 17.9. The molecule has 2 aliphatic rings. The summed E-state index contributed by atoms with van der Waals surface area (Å²) in [6.45, 7) is 0.706. The standard InChI is InChI=1S/C18H22N2O4S/c21-11-9-13-6-4-5-10-19(13)16(22)12-15-17(23)20(18(24)25-15)14-7-2-1-3-8-14/h1-3,7-8,13,15,21H,4-6,9-12H2/t13-,15+/m0/s1. The Labute approximate surface area is 151 Å². The number of hydrogen-bond donors (Lipinski definition) is 1. The van der Waals surface area contributed by atoms with Crippen molar-refractivity contribution in [2.45, 2.75) is 43.4 Å². The molecule has 0 radical (unpaired) electrons. The number of piperidine rings is 1. The lowest BCUT2D eigenvalue weighted by Gasteiger charge is -2.36. The second-order valence-electron chi connectivity index (χ2n) is 6.33. The van der Waals surface area contributed by atoms with Gasteiger partial charge in [-0.25, -0.2) is 4.90 Å². The Balaban J connectivity index is 1.67. The third-order valence-corrected chi connectivity index (χ3v) is 5.74. The number of likely N-dealkylation sites (tertiary alicyclic amines) is 1. The molecule has 3 amide bonds. The number of carbonyl (C=O) groups is 3. The van der Waals surface area contributed by atoms with Crippen LogP contribution >= 0.6 is 11.8 Å². The van der Waals surface area contributed by atoms with E-state index in [1.54, 1.807) is 29.2 Å². The molecule has 0 saturated carbocycles. The molecule has 2 atom stereocenters. The van der Waals surface area contributed by atoms with Crippen molar-refractivity contribution in [1.29, 1.82) is 0 Å². The molecule has 2 saturated heterocycles. The first-order valence-corrected chi connectivity index (χ1v) is 9.49. The van der Waals surface area contributed by atoms with Gasteiger partial charge in [-0.3, -0.25) is 14.4 Å². The smallest absolute Gasteiger partial charge is 0.293 e. The quantitative estimate of drug-likeness (QED) is 0.870. The molecule has 2 heterocycles. The monoisotopic (exact) mass is 362 g/mol. The van der Waals surface area contributed by atoms with E-state index in [1.165, 1.54) is 0 Å². The number of rotatable bonds is 5. The minimum Gasteiger partial charge on any atom is -0.396 e. The maximum atomic E-state index is 12.7. The summed E-state index contributed by atoms with van der Waals surface area (Å²) < 4.78 is 0. The van der Waals surface area contributed by atoms with Gasteiger partial charge in [0.1, 0.15) is 5.25 Å². The van der Waals surface area contributed by atoms with Gasteiger partial charge in [0.15, 0.2) is 0 Å². The van der Waals surface area contributed by atoms with Crippen LogP contribution in [-0.4, -0.2) is 51.5 Å². The number of thioether (sulfide) groups is 1. The van der Waals surface area contributed by atoms with E-state index in [-0.39, 0.29) is 36.1 Å². The van der Waals surface area contributed by atoms with Crippen molar-refractivity contribution in [3.8, 4) is 0 Å². The van der Waals surface area contributed by atoms with Crippen molar-refractivity contribution in [3.05, 3.63) is 30.3 Å². The van der Waals surface area contributed by atoms with Crippen molar-refractivity contribution in [3.63, 3.8) is 0 Å². The van der Waals surface area contributed by atoms with Crippen molar-refractivity contribution in [2.24, 2.45) is 0 Å². The zero-order valence-corrected chi connectivity index (χ0v) is 14.8. The number of amides is 3. The van der Waals surface area contributed by atoms with E-state index in [4.69, 9.17) is 0 Å². The Morgan fingerprint density at radius 3 is 2.68 bits per heavy atom. The van der Waals surface area contributed by atoms with Crippen molar-refractivity contribution in [1.82, 2.24) is 4.90 Å². The Hall–Kier alpha value is -1.86. The summed E-state index contributed by atoms with van der Waals surface area (Å²) in [7, 11) is 0. The van der Waals surface area contributed by atoms with Crippen LogP contribution in [0.3, 0.4) is 0 Å². The average molecular weight is 362 g/mol. The first-order valence-electron chi connectivity index (χ1n) is 8.61. The van der Waals surface area contributed by atoms with Gasteiger partial charge in [0.25, 0.3) is 5.24 Å². The van der Waals surface area contributed by atoms with Crippen LogP contribution in [0.15, 0.2) is 30.3 Å². The topological polar surface area (TPSA) is 77.9 Å². The van der Waals surface area contributed by atoms with Crippen LogP contribution in [0.5, 0.6) is 0 Å². The zero-order valence-electron chi connectivity index (χ0n) is 14.0. The van der Waals surface area contributed by atoms with Crippen molar-refractivity contribution in [2.75, 3.05) is 18.1 Å². The van der Waals surface area contributed by atoms with Crippen LogP contribution in [0.25, 0.3) is 0 Å². The summed E-state index contributed by atoms with van der Waals surface area (Å²) in [5.74, 6) is -0.433. The number of aliphatic hydroxyl groups is 1. The Morgan fingerprint density at radius 1 is 1.20 bits per heavy atom. The molecule has 0 unspecified atom stereocenters. The molecule has 2 aliphatic heterocycles. The summed E-state index contributed by atoms with van der Waals surface area (Å²) in [5.41, 5.74) is 0.538. The molecule has 7 heteroatoms. The number of imide groups is 1. The summed E-state index contributed by atoms with van der Waals surface area (Å²) in [5, 5.41) is 8.19.